The van der Waals surface area contributed by atoms with Crippen molar-refractivity contribution in [2.45, 2.75) is 64.4 Å². The molecular formula is C37H43NO6. The predicted molar refractivity (Wildman–Crippen MR) is 171 cm³/mol. The topological polar surface area (TPSA) is 86.2 Å². The van der Waals surface area contributed by atoms with Crippen molar-refractivity contribution in [1.82, 2.24) is 5.32 Å². The van der Waals surface area contributed by atoms with Crippen molar-refractivity contribution in [3.63, 3.8) is 0 Å². The third kappa shape index (κ3) is 7.63. The fourth-order valence-electron chi connectivity index (χ4n) is 6.15. The number of hydrogen-bond donors (Lipinski definition) is 2. The number of ether oxygens (including phenoxy) is 4. The van der Waals surface area contributed by atoms with Gasteiger partial charge in [-0.1, -0.05) is 56.5 Å². The lowest BCUT2D eigenvalue weighted by molar-refractivity contribution is -0.135. The lowest BCUT2D eigenvalue weighted by Gasteiger charge is -2.22. The summed E-state index contributed by atoms with van der Waals surface area (Å²) in [5.41, 5.74) is 5.33. The molecule has 2 N–H and O–H groups in total. The molecule has 3 aliphatic rings. The molecular weight excluding hydrogens is 554 g/mol. The number of allylic oxidation sites excluding steroid dienone is 1. The van der Waals surface area contributed by atoms with Crippen molar-refractivity contribution >= 4 is 17.1 Å². The Labute approximate surface area is 260 Å². The molecule has 0 aromatic heterocycles. The Morgan fingerprint density at radius 2 is 1.52 bits per heavy atom. The normalized spacial score (nSPS) is 17.6. The van der Waals surface area contributed by atoms with E-state index in [4.69, 9.17) is 18.9 Å². The maximum atomic E-state index is 12.2. The molecule has 7 nitrogen and oxygen atoms in total. The molecule has 0 saturated heterocycles. The number of rotatable bonds is 13. The molecule has 3 aromatic carbocycles. The smallest absolute Gasteiger partial charge is 0.314 e. The Balaban J connectivity index is 1.19. The number of fused-ring (bicyclic) bond motifs is 1. The van der Waals surface area contributed by atoms with Gasteiger partial charge in [-0.15, -0.1) is 0 Å². The standard InChI is InChI=1S/C37H43NO6/c1-2-33(29-14-19-34-35(20-29)43-24-42-34)36(27-12-17-32(18-13-27)44-37(40)28-8-9-28)26-10-15-31(16-11-26)41-23-30(39)22-38-21-25-6-4-3-5-7-25/h10-20,25,28,30,38-39H,2-9,21-24H2,1H3/b36-33+. The van der Waals surface area contributed by atoms with Gasteiger partial charge < -0.3 is 29.4 Å². The summed E-state index contributed by atoms with van der Waals surface area (Å²) in [6.45, 7) is 4.10. The Bertz CT molecular complexity index is 1440. The van der Waals surface area contributed by atoms with E-state index in [1.165, 1.54) is 32.1 Å². The van der Waals surface area contributed by atoms with E-state index in [-0.39, 0.29) is 25.3 Å². The van der Waals surface area contributed by atoms with Crippen molar-refractivity contribution < 1.29 is 28.8 Å². The zero-order valence-corrected chi connectivity index (χ0v) is 25.6. The van der Waals surface area contributed by atoms with E-state index < -0.39 is 6.10 Å². The molecule has 3 aromatic rings. The van der Waals surface area contributed by atoms with Gasteiger partial charge >= 0.3 is 5.97 Å². The zero-order chi connectivity index (χ0) is 30.3. The molecule has 0 bridgehead atoms. The maximum absolute atomic E-state index is 12.2. The van der Waals surface area contributed by atoms with Crippen molar-refractivity contribution in [3.05, 3.63) is 83.4 Å². The van der Waals surface area contributed by atoms with E-state index in [1.54, 1.807) is 0 Å². The van der Waals surface area contributed by atoms with E-state index in [0.29, 0.717) is 18.0 Å². The molecule has 0 radical (unpaired) electrons. The number of carbonyl (C=O) groups excluding carboxylic acids is 1. The minimum absolute atomic E-state index is 0.0440. The second-order valence-electron chi connectivity index (χ2n) is 12.1. The van der Waals surface area contributed by atoms with Crippen LogP contribution in [0.15, 0.2) is 66.7 Å². The highest BCUT2D eigenvalue weighted by atomic mass is 16.7. The van der Waals surface area contributed by atoms with E-state index in [0.717, 1.165) is 71.1 Å². The van der Waals surface area contributed by atoms with E-state index in [2.05, 4.69) is 30.4 Å². The van der Waals surface area contributed by atoms with E-state index in [9.17, 15) is 9.90 Å². The van der Waals surface area contributed by atoms with Crippen molar-refractivity contribution in [2.24, 2.45) is 11.8 Å². The summed E-state index contributed by atoms with van der Waals surface area (Å²) in [6, 6.07) is 21.8. The number of esters is 1. The maximum Gasteiger partial charge on any atom is 0.314 e. The van der Waals surface area contributed by atoms with Crippen LogP contribution in [0.4, 0.5) is 0 Å². The van der Waals surface area contributed by atoms with Gasteiger partial charge in [0.25, 0.3) is 0 Å². The highest BCUT2D eigenvalue weighted by Gasteiger charge is 2.31. The number of nitrogens with one attached hydrogen (secondary N) is 1. The molecule has 2 saturated carbocycles. The van der Waals surface area contributed by atoms with Crippen LogP contribution in [-0.2, 0) is 4.79 Å². The highest BCUT2D eigenvalue weighted by Crippen LogP contribution is 2.40. The number of hydrogen-bond acceptors (Lipinski definition) is 7. The summed E-state index contributed by atoms with van der Waals surface area (Å²) in [6.07, 6.45) is 8.61. The molecule has 2 aliphatic carbocycles. The number of carbonyl (C=O) groups is 1. The monoisotopic (exact) mass is 597 g/mol. The van der Waals surface area contributed by atoms with Crippen molar-refractivity contribution in [3.8, 4) is 23.0 Å². The highest BCUT2D eigenvalue weighted by molar-refractivity contribution is 5.99. The lowest BCUT2D eigenvalue weighted by atomic mass is 9.88. The minimum atomic E-state index is -0.570. The van der Waals surface area contributed by atoms with Gasteiger partial charge in [-0.05, 0) is 109 Å². The summed E-state index contributed by atoms with van der Waals surface area (Å²) < 4.78 is 22.8. The molecule has 44 heavy (non-hydrogen) atoms. The van der Waals surface area contributed by atoms with Crippen LogP contribution in [0.1, 0.15) is 75.0 Å². The second kappa shape index (κ2) is 14.3. The van der Waals surface area contributed by atoms with Gasteiger partial charge in [-0.2, -0.15) is 0 Å². The summed E-state index contributed by atoms with van der Waals surface area (Å²) in [5.74, 6) is 3.38. The molecule has 7 heteroatoms. The van der Waals surface area contributed by atoms with Gasteiger partial charge in [0.15, 0.2) is 11.5 Å². The van der Waals surface area contributed by atoms with Crippen LogP contribution in [0, 0.1) is 11.8 Å². The first-order valence-electron chi connectivity index (χ1n) is 16.1. The third-order valence-corrected chi connectivity index (χ3v) is 8.77. The number of benzene rings is 3. The summed E-state index contributed by atoms with van der Waals surface area (Å²) in [7, 11) is 0. The summed E-state index contributed by atoms with van der Waals surface area (Å²) >= 11 is 0. The summed E-state index contributed by atoms with van der Waals surface area (Å²) in [5, 5.41) is 13.9. The first kappa shape index (κ1) is 30.2. The van der Waals surface area contributed by atoms with Crippen molar-refractivity contribution in [2.75, 3.05) is 26.5 Å². The molecule has 0 spiro atoms. The Morgan fingerprint density at radius 1 is 0.864 bits per heavy atom. The van der Waals surface area contributed by atoms with Crippen LogP contribution in [-0.4, -0.2) is 43.7 Å². The quantitative estimate of drug-likeness (QED) is 0.125. The van der Waals surface area contributed by atoms with E-state index >= 15 is 0 Å². The molecule has 2 fully saturated rings. The van der Waals surface area contributed by atoms with Crippen LogP contribution in [0.2, 0.25) is 0 Å². The van der Waals surface area contributed by atoms with Gasteiger partial charge in [-0.25, -0.2) is 0 Å². The van der Waals surface area contributed by atoms with Gasteiger partial charge in [0.1, 0.15) is 24.2 Å². The van der Waals surface area contributed by atoms with E-state index in [1.807, 2.05) is 48.5 Å². The first-order chi connectivity index (χ1) is 21.6. The molecule has 6 rings (SSSR count). The minimum Gasteiger partial charge on any atom is -0.491 e. The van der Waals surface area contributed by atoms with Gasteiger partial charge in [0, 0.05) is 6.54 Å². The molecule has 1 aliphatic heterocycles. The molecule has 1 atom stereocenters. The second-order valence-corrected chi connectivity index (χ2v) is 12.1. The number of aliphatic hydroxyl groups is 1. The van der Waals surface area contributed by atoms with Crippen LogP contribution >= 0.6 is 0 Å². The van der Waals surface area contributed by atoms with Crippen LogP contribution in [0.25, 0.3) is 11.1 Å². The SMILES string of the molecule is CC/C(=C(/c1ccc(OCC(O)CNCC2CCCCC2)cc1)c1ccc(OC(=O)C2CC2)cc1)c1ccc2c(c1)OCO2. The molecule has 232 valence electrons. The lowest BCUT2D eigenvalue weighted by Crippen LogP contribution is -2.34. The number of aliphatic hydroxyl groups excluding tert-OH is 1. The van der Waals surface area contributed by atoms with Gasteiger partial charge in [-0.3, -0.25) is 4.79 Å². The Morgan fingerprint density at radius 3 is 2.20 bits per heavy atom. The predicted octanol–water partition coefficient (Wildman–Crippen LogP) is 7.01. The van der Waals surface area contributed by atoms with Crippen LogP contribution in [0.3, 0.4) is 0 Å². The van der Waals surface area contributed by atoms with Gasteiger partial charge in [0.05, 0.1) is 5.92 Å². The Kier molecular flexibility index (Phi) is 9.83. The average molecular weight is 598 g/mol. The fourth-order valence-corrected chi connectivity index (χ4v) is 6.15. The molecule has 0 amide bonds. The third-order valence-electron chi connectivity index (χ3n) is 8.77. The molecule has 1 unspecified atom stereocenters. The van der Waals surface area contributed by atoms with Crippen LogP contribution in [0.5, 0.6) is 23.0 Å². The first-order valence-corrected chi connectivity index (χ1v) is 16.1. The fraction of sp³-hybridized carbons (Fsp3) is 0.432. The van der Waals surface area contributed by atoms with Crippen molar-refractivity contribution in [1.29, 1.82) is 0 Å². The summed E-state index contributed by atoms with van der Waals surface area (Å²) in [4.78, 5) is 12.2. The zero-order valence-electron chi connectivity index (χ0n) is 25.6. The van der Waals surface area contributed by atoms with Gasteiger partial charge in [0.2, 0.25) is 6.79 Å². The Hall–Kier alpha value is -3.81. The van der Waals surface area contributed by atoms with Crippen LogP contribution < -0.4 is 24.3 Å². The average Bonchev–Trinajstić information content (AvgIpc) is 3.81. The largest absolute Gasteiger partial charge is 0.491 e. The molecule has 1 heterocycles.